The van der Waals surface area contributed by atoms with Gasteiger partial charge in [-0.1, -0.05) is 116 Å². The molecule has 14 nitrogen and oxygen atoms in total. The molecule has 9 unspecified atom stereocenters. The van der Waals surface area contributed by atoms with Gasteiger partial charge < -0.3 is 44.1 Å². The van der Waals surface area contributed by atoms with Crippen molar-refractivity contribution in [3.63, 3.8) is 0 Å². The van der Waals surface area contributed by atoms with E-state index in [1.54, 1.807) is 0 Å². The molecule has 0 spiro atoms. The van der Waals surface area contributed by atoms with Gasteiger partial charge in [0.15, 0.2) is 0 Å². The molecular formula is C92H116F18O14. The molecule has 12 aliphatic carbocycles. The number of alkyl halides is 18. The summed E-state index contributed by atoms with van der Waals surface area (Å²) in [7, 11) is 0. The van der Waals surface area contributed by atoms with E-state index in [0.29, 0.717) is 103 Å². The number of rotatable bonds is 14. The molecule has 0 heterocycles. The van der Waals surface area contributed by atoms with Crippen LogP contribution >= 0.6 is 0 Å². The Labute approximate surface area is 712 Å². The third-order valence-corrected chi connectivity index (χ3v) is 29.1. The second-order valence-electron chi connectivity index (χ2n) is 37.7. The lowest BCUT2D eigenvalue weighted by Crippen LogP contribution is -2.58. The zero-order valence-corrected chi connectivity index (χ0v) is 70.4. The molecule has 12 fully saturated rings. The number of hydrogen-bond acceptors (Lipinski definition) is 14. The minimum atomic E-state index is -5.96. The van der Waals surface area contributed by atoms with Crippen LogP contribution in [0.2, 0.25) is 0 Å². The largest absolute Gasteiger partial charge is 0.462 e. The number of carbonyl (C=O) groups is 5. The van der Waals surface area contributed by atoms with Crippen molar-refractivity contribution >= 4 is 29.8 Å². The minimum Gasteiger partial charge on any atom is -0.462 e. The predicted molar refractivity (Wildman–Crippen MR) is 418 cm³/mol. The lowest BCUT2D eigenvalue weighted by atomic mass is 9.59. The lowest BCUT2D eigenvalue weighted by Gasteiger charge is -2.45. The summed E-state index contributed by atoms with van der Waals surface area (Å²) in [4.78, 5) is 57.6. The standard InChI is InChI=1S/C33H40F6O6.C31H38F6O5.C27H34F6O3.CH4/c1-20(40)43-25-17-23(18-26(19-25)44-21(2)41)8-9-24-7-5-12-29(4)27(24)10-11-28(29)30(15-16-30)13-6-14-31(32(34,35)36,33(37,38)39)45-22(3)42;1-19(38)41-23-16-21(17-24(18-23)42-20(2)39)7-8-22-6-4-11-27(3)25(22)9-10-26(27)28(14-15-28)12-5-13-29(40,30(32,33)34)31(35,36)37;1-23-9-2-4-18(6-5-17-14-19(34)16-20(35)15-17)21(23)7-8-22(23)24(12-13-24)10-3-11-25(36,26(28,29)30)27(31,32)33;/h8-9,25-28H,5,7,10-13,15-19H2,1-4H3;7-8,23-26,40H,4,6,9-12,14-18H2,1-3H3;5-6,19-22,34-36H,2,4,7-10,12-16H2,1H3;1H4/b23-8?,24-9+;21-7?,22-8+;17-5?,18-6+;/t25-,26?,27?,28?,29+;23-,24?,25?,26?,27+;19-,20?,21?,22?,23+;/m111./s1. The first-order valence-electron chi connectivity index (χ1n) is 42.6. The molecule has 12 aliphatic rings. The summed E-state index contributed by atoms with van der Waals surface area (Å²) >= 11 is 0. The average molecular weight is 1790 g/mol. The number of fused-ring (bicyclic) bond motifs is 3. The van der Waals surface area contributed by atoms with Gasteiger partial charge in [-0.15, -0.1) is 0 Å². The maximum atomic E-state index is 13.7. The third kappa shape index (κ3) is 22.1. The number of carbonyl (C=O) groups excluding carboxylic acids is 5. The highest BCUT2D eigenvalue weighted by atomic mass is 19.4. The topological polar surface area (TPSA) is 212 Å². The Hall–Kier alpha value is -6.95. The van der Waals surface area contributed by atoms with E-state index in [4.69, 9.17) is 18.9 Å². The van der Waals surface area contributed by atoms with Crippen LogP contribution in [0.1, 0.15) is 275 Å². The number of esters is 5. The monoisotopic (exact) mass is 1790 g/mol. The highest BCUT2D eigenvalue weighted by Crippen LogP contribution is 2.73. The van der Waals surface area contributed by atoms with Gasteiger partial charge in [0.25, 0.3) is 0 Å². The highest BCUT2D eigenvalue weighted by molar-refractivity contribution is 5.68. The molecular weight excluding hydrogens is 1670 g/mol. The van der Waals surface area contributed by atoms with Crippen LogP contribution in [-0.4, -0.2) is 141 Å². The van der Waals surface area contributed by atoms with Gasteiger partial charge in [0.1, 0.15) is 24.4 Å². The molecule has 0 saturated heterocycles. The number of ether oxygens (including phenoxy) is 5. The lowest BCUT2D eigenvalue weighted by molar-refractivity contribution is -0.346. The molecule has 124 heavy (non-hydrogen) atoms. The Morgan fingerprint density at radius 3 is 0.855 bits per heavy atom. The summed E-state index contributed by atoms with van der Waals surface area (Å²) in [5, 5.41) is 38.7. The molecule has 0 aromatic carbocycles. The summed E-state index contributed by atoms with van der Waals surface area (Å²) in [6.07, 6.45) is -4.58. The Kier molecular flexibility index (Phi) is 30.6. The van der Waals surface area contributed by atoms with Crippen molar-refractivity contribution < 1.29 is 147 Å². The predicted octanol–water partition coefficient (Wildman–Crippen LogP) is 21.5. The van der Waals surface area contributed by atoms with Gasteiger partial charge in [0, 0.05) is 92.4 Å². The Morgan fingerprint density at radius 1 is 0.363 bits per heavy atom. The first-order valence-corrected chi connectivity index (χ1v) is 42.6. The maximum Gasteiger partial charge on any atom is 0.450 e. The van der Waals surface area contributed by atoms with E-state index in [9.17, 15) is 123 Å². The molecule has 32 heteroatoms. The van der Waals surface area contributed by atoms with E-state index in [1.807, 2.05) is 18.2 Å². The van der Waals surface area contributed by atoms with E-state index in [-0.39, 0.29) is 90.6 Å². The van der Waals surface area contributed by atoms with Crippen molar-refractivity contribution in [2.45, 2.75) is 365 Å². The first-order chi connectivity index (χ1) is 56.8. The van der Waals surface area contributed by atoms with Crippen molar-refractivity contribution in [2.75, 3.05) is 0 Å². The molecule has 0 amide bonds. The quantitative estimate of drug-likeness (QED) is 0.0552. The SMILES string of the molecule is C.CC(=O)OC1CC(=C/C=C2\CCC[C@@]3(C)C2CCC3C2(CC#CC(O)(C(F)(F)F)C(F)(F)F)CC2)C[C@@H](OC(C)=O)C1.CC(=O)OC1CC(=C/C=C2\CCC[C@@]3(C)C2CCC3C2(CC#CC(OC(C)=O)(C(F)(F)F)C(F)(F)F)CC2)C[C@@H](OC(C)=O)C1.C[C@]12CCC/C(=C\C=C3CC(O)C[C@H](O)C3)C1CCC2C1(CC#CC(O)(C(F)(F)F)C(F)(F)F)CC1. The van der Waals surface area contributed by atoms with Crippen molar-refractivity contribution in [3.8, 4) is 35.5 Å². The van der Waals surface area contributed by atoms with Crippen molar-refractivity contribution in [1.82, 2.24) is 0 Å². The fourth-order valence-electron chi connectivity index (χ4n) is 23.3. The molecule has 0 radical (unpaired) electrons. The fourth-order valence-corrected chi connectivity index (χ4v) is 23.3. The van der Waals surface area contributed by atoms with Crippen LogP contribution in [0, 0.1) is 104 Å². The molecule has 4 N–H and O–H groups in total. The maximum absolute atomic E-state index is 13.7. The van der Waals surface area contributed by atoms with E-state index < -0.39 is 124 Å². The van der Waals surface area contributed by atoms with E-state index in [0.717, 1.165) is 125 Å². The number of halogens is 18. The van der Waals surface area contributed by atoms with Gasteiger partial charge >= 0.3 is 83.7 Å². The van der Waals surface area contributed by atoms with Crippen LogP contribution in [0.3, 0.4) is 0 Å². The van der Waals surface area contributed by atoms with Crippen LogP contribution in [0.25, 0.3) is 0 Å². The molecule has 0 bridgehead atoms. The van der Waals surface area contributed by atoms with Crippen LogP contribution in [0.5, 0.6) is 0 Å². The average Bonchev–Trinajstić information content (AvgIpc) is 1.57. The first kappa shape index (κ1) is 101. The Bertz CT molecular complexity index is 4190. The highest BCUT2D eigenvalue weighted by Gasteiger charge is 2.75. The number of hydrogen-bond donors (Lipinski definition) is 4. The molecule has 12 rings (SSSR count). The molecule has 694 valence electrons. The Balaban J connectivity index is 0.000000211. The molecule has 15 atom stereocenters. The van der Waals surface area contributed by atoms with Crippen LogP contribution in [0.4, 0.5) is 79.0 Å². The summed E-state index contributed by atoms with van der Waals surface area (Å²) in [5.74, 6) is 7.68. The molecule has 0 aromatic heterocycles. The van der Waals surface area contributed by atoms with Crippen molar-refractivity contribution in [1.29, 1.82) is 0 Å². The van der Waals surface area contributed by atoms with Gasteiger partial charge in [0.05, 0.1) is 12.2 Å². The summed E-state index contributed by atoms with van der Waals surface area (Å²) in [6, 6.07) is 0. The Morgan fingerprint density at radius 2 is 0.621 bits per heavy atom. The van der Waals surface area contributed by atoms with Crippen molar-refractivity contribution in [2.24, 2.45) is 68.0 Å². The molecule has 12 saturated carbocycles. The summed E-state index contributed by atoms with van der Waals surface area (Å²) in [5.41, 5.74) is -9.99. The van der Waals surface area contributed by atoms with Gasteiger partial charge in [-0.25, -0.2) is 0 Å². The normalized spacial score (nSPS) is 33.3. The summed E-state index contributed by atoms with van der Waals surface area (Å²) < 4.78 is 264. The van der Waals surface area contributed by atoms with Crippen LogP contribution in [-0.2, 0) is 47.7 Å². The fraction of sp³-hybridized carbons (Fsp3) is 0.750. The van der Waals surface area contributed by atoms with Gasteiger partial charge in [0.2, 0.25) is 0 Å². The summed E-state index contributed by atoms with van der Waals surface area (Å²) in [6.45, 7) is 12.4. The molecule has 0 aliphatic heterocycles. The second kappa shape index (κ2) is 37.6. The number of allylic oxidation sites excluding steroid dienone is 9. The number of aliphatic hydroxyl groups is 4. The van der Waals surface area contributed by atoms with Crippen LogP contribution in [0.15, 0.2) is 69.9 Å². The number of aliphatic hydroxyl groups excluding tert-OH is 2. The van der Waals surface area contributed by atoms with Crippen molar-refractivity contribution in [3.05, 3.63) is 69.9 Å². The minimum absolute atomic E-state index is 0. The zero-order valence-electron chi connectivity index (χ0n) is 70.4. The molecule has 0 aromatic rings. The second-order valence-corrected chi connectivity index (χ2v) is 37.7. The van der Waals surface area contributed by atoms with Crippen LogP contribution < -0.4 is 0 Å². The van der Waals surface area contributed by atoms with E-state index in [1.165, 1.54) is 50.3 Å². The smallest absolute Gasteiger partial charge is 0.450 e. The third-order valence-electron chi connectivity index (χ3n) is 29.1. The van der Waals surface area contributed by atoms with E-state index in [2.05, 4.69) is 61.5 Å². The van der Waals surface area contributed by atoms with Gasteiger partial charge in [-0.2, -0.15) is 79.0 Å². The van der Waals surface area contributed by atoms with Gasteiger partial charge in [-0.05, 0) is 240 Å². The van der Waals surface area contributed by atoms with E-state index >= 15 is 0 Å². The van der Waals surface area contributed by atoms with Gasteiger partial charge in [-0.3, -0.25) is 24.0 Å². The zero-order chi connectivity index (χ0) is 91.1.